The predicted molar refractivity (Wildman–Crippen MR) is 143 cm³/mol. The minimum Gasteiger partial charge on any atom is -0.135 e. The van der Waals surface area contributed by atoms with Crippen molar-refractivity contribution in [3.8, 4) is 31.3 Å². The molecule has 0 nitrogen and oxygen atoms in total. The largest absolute Gasteiger partial charge is 0.135 e. The van der Waals surface area contributed by atoms with Gasteiger partial charge in [0.1, 0.15) is 0 Å². The van der Waals surface area contributed by atoms with Crippen LogP contribution in [0.25, 0.3) is 31.3 Å². The molecular weight excluding hydrogens is 480 g/mol. The Kier molecular flexibility index (Phi) is 8.18. The van der Waals surface area contributed by atoms with E-state index in [1.54, 1.807) is 11.3 Å². The summed E-state index contributed by atoms with van der Waals surface area (Å²) in [4.78, 5) is 3.96. The first-order valence-electron chi connectivity index (χ1n) is 11.3. The predicted octanol–water partition coefficient (Wildman–Crippen LogP) is 10.5. The molecule has 0 N–H and O–H groups in total. The highest BCUT2D eigenvalue weighted by molar-refractivity contribution is 9.11. The number of rotatable bonds is 10. The quantitative estimate of drug-likeness (QED) is 0.187. The molecule has 0 saturated heterocycles. The Morgan fingerprint density at radius 3 is 1.58 bits per heavy atom. The standard InChI is InChI=1S/C28H29BrS2/c1-2-3-4-5-6-7-8-21-9-11-22(12-10-21)25-17-18-26(30-25)23-13-15-24(16-14-23)27-19-20-28(29)31-27/h9-20H,2-8H2,1H3. The first kappa shape index (κ1) is 22.5. The average Bonchev–Trinajstić information content (AvgIpc) is 3.46. The SMILES string of the molecule is CCCCCCCCc1ccc(-c2ccc(-c3ccc(-c4ccc(Br)s4)cc3)s2)cc1. The van der Waals surface area contributed by atoms with Crippen molar-refractivity contribution in [2.75, 3.05) is 0 Å². The van der Waals surface area contributed by atoms with E-state index in [1.165, 1.54) is 85.6 Å². The van der Waals surface area contributed by atoms with Crippen LogP contribution in [-0.4, -0.2) is 0 Å². The van der Waals surface area contributed by atoms with Gasteiger partial charge in [0, 0.05) is 14.6 Å². The van der Waals surface area contributed by atoms with Crippen molar-refractivity contribution in [1.29, 1.82) is 0 Å². The summed E-state index contributed by atoms with van der Waals surface area (Å²) < 4.78 is 1.17. The molecule has 0 radical (unpaired) electrons. The van der Waals surface area contributed by atoms with Crippen molar-refractivity contribution < 1.29 is 0 Å². The molecule has 0 saturated carbocycles. The summed E-state index contributed by atoms with van der Waals surface area (Å²) in [6.45, 7) is 2.28. The zero-order valence-electron chi connectivity index (χ0n) is 18.1. The van der Waals surface area contributed by atoms with E-state index in [9.17, 15) is 0 Å². The fraction of sp³-hybridized carbons (Fsp3) is 0.286. The molecule has 0 aliphatic rings. The third-order valence-corrected chi connectivity index (χ3v) is 8.55. The van der Waals surface area contributed by atoms with Crippen LogP contribution in [0.4, 0.5) is 0 Å². The highest BCUT2D eigenvalue weighted by atomic mass is 79.9. The molecule has 3 heteroatoms. The van der Waals surface area contributed by atoms with Crippen molar-refractivity contribution >= 4 is 38.6 Å². The van der Waals surface area contributed by atoms with E-state index in [1.807, 2.05) is 11.3 Å². The molecule has 4 aromatic rings. The Bertz CT molecular complexity index is 1070. The number of aryl methyl sites for hydroxylation is 1. The topological polar surface area (TPSA) is 0 Å². The van der Waals surface area contributed by atoms with Gasteiger partial charge in [-0.1, -0.05) is 87.6 Å². The summed E-state index contributed by atoms with van der Waals surface area (Å²) in [6, 6.07) is 26.9. The Morgan fingerprint density at radius 1 is 0.548 bits per heavy atom. The number of hydrogen-bond donors (Lipinski definition) is 0. The summed E-state index contributed by atoms with van der Waals surface area (Å²) in [6.07, 6.45) is 9.36. The van der Waals surface area contributed by atoms with Crippen LogP contribution < -0.4 is 0 Å². The van der Waals surface area contributed by atoms with Crippen LogP contribution in [0.15, 0.2) is 76.6 Å². The molecule has 0 bridgehead atoms. The van der Waals surface area contributed by atoms with Crippen LogP contribution in [0.2, 0.25) is 0 Å². The Morgan fingerprint density at radius 2 is 1.03 bits per heavy atom. The fourth-order valence-electron chi connectivity index (χ4n) is 3.86. The maximum atomic E-state index is 3.55. The smallest absolute Gasteiger partial charge is 0.0705 e. The minimum atomic E-state index is 1.17. The van der Waals surface area contributed by atoms with Gasteiger partial charge in [-0.05, 0) is 75.3 Å². The molecule has 160 valence electrons. The lowest BCUT2D eigenvalue weighted by Gasteiger charge is -2.04. The van der Waals surface area contributed by atoms with E-state index in [4.69, 9.17) is 0 Å². The van der Waals surface area contributed by atoms with Crippen molar-refractivity contribution in [2.45, 2.75) is 51.9 Å². The van der Waals surface area contributed by atoms with Crippen LogP contribution in [0.5, 0.6) is 0 Å². The molecule has 0 aliphatic carbocycles. The molecule has 0 spiro atoms. The van der Waals surface area contributed by atoms with Crippen LogP contribution in [-0.2, 0) is 6.42 Å². The fourth-order valence-corrected chi connectivity index (χ4v) is 6.27. The summed E-state index contributed by atoms with van der Waals surface area (Å²) in [5.74, 6) is 0. The number of benzene rings is 2. The molecule has 0 aliphatic heterocycles. The monoisotopic (exact) mass is 508 g/mol. The van der Waals surface area contributed by atoms with Crippen molar-refractivity contribution in [3.63, 3.8) is 0 Å². The maximum absolute atomic E-state index is 3.55. The molecule has 0 amide bonds. The second-order valence-electron chi connectivity index (χ2n) is 8.06. The molecule has 4 rings (SSSR count). The van der Waals surface area contributed by atoms with E-state index in [0.717, 1.165) is 0 Å². The summed E-state index contributed by atoms with van der Waals surface area (Å²) in [5.41, 5.74) is 5.35. The van der Waals surface area contributed by atoms with Crippen LogP contribution in [0, 0.1) is 0 Å². The maximum Gasteiger partial charge on any atom is 0.0705 e. The van der Waals surface area contributed by atoms with Gasteiger partial charge < -0.3 is 0 Å². The van der Waals surface area contributed by atoms with Crippen LogP contribution in [0.3, 0.4) is 0 Å². The highest BCUT2D eigenvalue weighted by Gasteiger charge is 2.07. The molecule has 0 atom stereocenters. The second-order valence-corrected chi connectivity index (χ2v) is 11.6. The first-order valence-corrected chi connectivity index (χ1v) is 13.7. The zero-order chi connectivity index (χ0) is 21.5. The zero-order valence-corrected chi connectivity index (χ0v) is 21.3. The van der Waals surface area contributed by atoms with E-state index in [-0.39, 0.29) is 0 Å². The number of halogens is 1. The first-order chi connectivity index (χ1) is 15.2. The van der Waals surface area contributed by atoms with Crippen molar-refractivity contribution in [3.05, 3.63) is 82.1 Å². The normalized spacial score (nSPS) is 11.2. The van der Waals surface area contributed by atoms with E-state index in [0.29, 0.717) is 0 Å². The van der Waals surface area contributed by atoms with E-state index < -0.39 is 0 Å². The molecule has 2 heterocycles. The van der Waals surface area contributed by atoms with Gasteiger partial charge in [-0.3, -0.25) is 0 Å². The van der Waals surface area contributed by atoms with Crippen LogP contribution in [0.1, 0.15) is 51.0 Å². The molecule has 2 aromatic carbocycles. The Hall–Kier alpha value is -1.68. The highest BCUT2D eigenvalue weighted by Crippen LogP contribution is 2.36. The van der Waals surface area contributed by atoms with E-state index in [2.05, 4.69) is 95.7 Å². The minimum absolute atomic E-state index is 1.17. The van der Waals surface area contributed by atoms with Gasteiger partial charge in [0.05, 0.1) is 3.79 Å². The summed E-state index contributed by atoms with van der Waals surface area (Å²) in [5, 5.41) is 0. The molecular formula is C28H29BrS2. The van der Waals surface area contributed by atoms with Crippen molar-refractivity contribution in [1.82, 2.24) is 0 Å². The number of unbranched alkanes of at least 4 members (excludes halogenated alkanes) is 5. The third-order valence-electron chi connectivity index (χ3n) is 5.69. The van der Waals surface area contributed by atoms with Gasteiger partial charge in [0.2, 0.25) is 0 Å². The molecule has 31 heavy (non-hydrogen) atoms. The third kappa shape index (κ3) is 6.19. The van der Waals surface area contributed by atoms with Crippen molar-refractivity contribution in [2.24, 2.45) is 0 Å². The van der Waals surface area contributed by atoms with Gasteiger partial charge in [0.25, 0.3) is 0 Å². The molecule has 0 fully saturated rings. The Balaban J connectivity index is 1.36. The lowest BCUT2D eigenvalue weighted by molar-refractivity contribution is 0.607. The van der Waals surface area contributed by atoms with Gasteiger partial charge in [-0.15, -0.1) is 22.7 Å². The number of thiophene rings is 2. The molecule has 2 aromatic heterocycles. The average molecular weight is 510 g/mol. The van der Waals surface area contributed by atoms with Crippen LogP contribution >= 0.6 is 38.6 Å². The summed E-state index contributed by atoms with van der Waals surface area (Å²) in [7, 11) is 0. The number of hydrogen-bond acceptors (Lipinski definition) is 2. The molecule has 0 unspecified atom stereocenters. The van der Waals surface area contributed by atoms with Gasteiger partial charge in [-0.25, -0.2) is 0 Å². The van der Waals surface area contributed by atoms with E-state index >= 15 is 0 Å². The second kappa shape index (κ2) is 11.3. The Labute approximate surface area is 203 Å². The summed E-state index contributed by atoms with van der Waals surface area (Å²) >= 11 is 7.20. The van der Waals surface area contributed by atoms with Gasteiger partial charge in [0.15, 0.2) is 0 Å². The lowest BCUT2D eigenvalue weighted by atomic mass is 10.0. The lowest BCUT2D eigenvalue weighted by Crippen LogP contribution is -1.86. The van der Waals surface area contributed by atoms with Gasteiger partial charge >= 0.3 is 0 Å². The van der Waals surface area contributed by atoms with Gasteiger partial charge in [-0.2, -0.15) is 0 Å².